The number of esters is 1. The van der Waals surface area contributed by atoms with Crippen LogP contribution in [0.3, 0.4) is 0 Å². The molecule has 0 aliphatic carbocycles. The SMILES string of the molecule is C[C@H](OC(=O)c1cc(Cl)c2c(c1)OCCCO2)C(=O)NNC(=O)c1ccccc1. The van der Waals surface area contributed by atoms with E-state index in [9.17, 15) is 14.4 Å². The van der Waals surface area contributed by atoms with E-state index >= 15 is 0 Å². The third-order valence-corrected chi connectivity index (χ3v) is 4.31. The fourth-order valence-electron chi connectivity index (χ4n) is 2.51. The van der Waals surface area contributed by atoms with Crippen molar-refractivity contribution in [3.8, 4) is 11.5 Å². The van der Waals surface area contributed by atoms with Crippen molar-refractivity contribution < 1.29 is 28.6 Å². The summed E-state index contributed by atoms with van der Waals surface area (Å²) in [5.74, 6) is -1.24. The molecular formula is C20H19ClN2O6. The Balaban J connectivity index is 1.58. The van der Waals surface area contributed by atoms with Gasteiger partial charge in [0, 0.05) is 12.0 Å². The number of carbonyl (C=O) groups excluding carboxylic acids is 3. The van der Waals surface area contributed by atoms with Crippen LogP contribution >= 0.6 is 11.6 Å². The maximum atomic E-state index is 12.4. The van der Waals surface area contributed by atoms with E-state index in [0.717, 1.165) is 0 Å². The number of ether oxygens (including phenoxy) is 3. The normalized spacial score (nSPS) is 13.6. The fraction of sp³-hybridized carbons (Fsp3) is 0.250. The molecule has 0 spiro atoms. The Hall–Kier alpha value is -3.26. The molecule has 1 atom stereocenters. The van der Waals surface area contributed by atoms with Crippen LogP contribution in [0.5, 0.6) is 11.5 Å². The molecule has 2 N–H and O–H groups in total. The molecule has 9 heteroatoms. The zero-order valence-electron chi connectivity index (χ0n) is 15.6. The highest BCUT2D eigenvalue weighted by atomic mass is 35.5. The first-order chi connectivity index (χ1) is 14.0. The molecule has 2 amide bonds. The highest BCUT2D eigenvalue weighted by molar-refractivity contribution is 6.32. The Morgan fingerprint density at radius 1 is 1.03 bits per heavy atom. The molecule has 0 bridgehead atoms. The van der Waals surface area contributed by atoms with Crippen molar-refractivity contribution >= 4 is 29.4 Å². The maximum absolute atomic E-state index is 12.4. The van der Waals surface area contributed by atoms with Crippen LogP contribution in [0.4, 0.5) is 0 Å². The summed E-state index contributed by atoms with van der Waals surface area (Å²) in [5, 5.41) is 0.212. The first-order valence-electron chi connectivity index (χ1n) is 8.91. The van der Waals surface area contributed by atoms with E-state index in [-0.39, 0.29) is 10.6 Å². The van der Waals surface area contributed by atoms with Gasteiger partial charge in [0.2, 0.25) is 0 Å². The van der Waals surface area contributed by atoms with Gasteiger partial charge >= 0.3 is 5.97 Å². The van der Waals surface area contributed by atoms with Crippen molar-refractivity contribution in [1.29, 1.82) is 0 Å². The lowest BCUT2D eigenvalue weighted by Crippen LogP contribution is -2.46. The number of halogens is 1. The summed E-state index contributed by atoms with van der Waals surface area (Å²) in [6, 6.07) is 11.2. The molecule has 2 aromatic carbocycles. The molecule has 3 rings (SSSR count). The molecule has 0 unspecified atom stereocenters. The third-order valence-electron chi connectivity index (χ3n) is 4.03. The zero-order valence-corrected chi connectivity index (χ0v) is 16.3. The molecule has 0 fully saturated rings. The predicted molar refractivity (Wildman–Crippen MR) is 104 cm³/mol. The van der Waals surface area contributed by atoms with Crippen LogP contribution in [-0.4, -0.2) is 37.1 Å². The van der Waals surface area contributed by atoms with Crippen molar-refractivity contribution in [1.82, 2.24) is 10.9 Å². The number of amides is 2. The fourth-order valence-corrected chi connectivity index (χ4v) is 2.78. The van der Waals surface area contributed by atoms with Crippen molar-refractivity contribution in [2.45, 2.75) is 19.4 Å². The van der Waals surface area contributed by atoms with Gasteiger partial charge in [-0.15, -0.1) is 0 Å². The Bertz CT molecular complexity index is 919. The van der Waals surface area contributed by atoms with Crippen molar-refractivity contribution in [2.75, 3.05) is 13.2 Å². The highest BCUT2D eigenvalue weighted by Crippen LogP contribution is 2.38. The summed E-state index contributed by atoms with van der Waals surface area (Å²) >= 11 is 6.17. The summed E-state index contributed by atoms with van der Waals surface area (Å²) in [6.45, 7) is 2.27. The second kappa shape index (κ2) is 9.29. The van der Waals surface area contributed by atoms with Gasteiger partial charge in [-0.2, -0.15) is 0 Å². The largest absolute Gasteiger partial charge is 0.489 e. The standard InChI is InChI=1S/C20H19ClN2O6/c1-12(18(24)22-23-19(25)13-6-3-2-4-7-13)29-20(26)14-10-15(21)17-16(11-14)27-8-5-9-28-17/h2-4,6-7,10-12H,5,8-9H2,1H3,(H,22,24)(H,23,25)/t12-/m0/s1. The Labute approximate surface area is 172 Å². The van der Waals surface area contributed by atoms with Gasteiger partial charge in [-0.1, -0.05) is 29.8 Å². The minimum atomic E-state index is -1.16. The second-order valence-electron chi connectivity index (χ2n) is 6.19. The lowest BCUT2D eigenvalue weighted by atomic mass is 10.2. The smallest absolute Gasteiger partial charge is 0.339 e. The van der Waals surface area contributed by atoms with Gasteiger partial charge in [0.1, 0.15) is 0 Å². The van der Waals surface area contributed by atoms with Crippen LogP contribution in [0.15, 0.2) is 42.5 Å². The van der Waals surface area contributed by atoms with E-state index < -0.39 is 23.9 Å². The van der Waals surface area contributed by atoms with Crippen LogP contribution in [0.2, 0.25) is 5.02 Å². The number of benzene rings is 2. The molecule has 8 nitrogen and oxygen atoms in total. The molecule has 0 saturated carbocycles. The number of rotatable bonds is 4. The van der Waals surface area contributed by atoms with E-state index in [2.05, 4.69) is 10.9 Å². The zero-order chi connectivity index (χ0) is 20.8. The van der Waals surface area contributed by atoms with Crippen molar-refractivity contribution in [3.63, 3.8) is 0 Å². The number of hydrazine groups is 1. The van der Waals surface area contributed by atoms with Gasteiger partial charge in [0.05, 0.1) is 23.8 Å². The Morgan fingerprint density at radius 2 is 1.76 bits per heavy atom. The summed E-state index contributed by atoms with van der Waals surface area (Å²) < 4.78 is 16.2. The van der Waals surface area contributed by atoms with Crippen LogP contribution in [0.1, 0.15) is 34.1 Å². The molecular weight excluding hydrogens is 400 g/mol. The lowest BCUT2D eigenvalue weighted by Gasteiger charge is -2.15. The average Bonchev–Trinajstić information content (AvgIpc) is 2.98. The van der Waals surface area contributed by atoms with Crippen LogP contribution in [0.25, 0.3) is 0 Å². The second-order valence-corrected chi connectivity index (χ2v) is 6.60. The van der Waals surface area contributed by atoms with Gasteiger partial charge in [0.15, 0.2) is 17.6 Å². The number of hydrogen-bond donors (Lipinski definition) is 2. The molecule has 1 aliphatic rings. The molecule has 1 heterocycles. The third kappa shape index (κ3) is 5.17. The monoisotopic (exact) mass is 418 g/mol. The molecule has 2 aromatic rings. The Kier molecular flexibility index (Phi) is 6.56. The summed E-state index contributed by atoms with van der Waals surface area (Å²) in [7, 11) is 0. The van der Waals surface area contributed by atoms with E-state index in [1.165, 1.54) is 19.1 Å². The maximum Gasteiger partial charge on any atom is 0.339 e. The lowest BCUT2D eigenvalue weighted by molar-refractivity contribution is -0.129. The summed E-state index contributed by atoms with van der Waals surface area (Å²) in [4.78, 5) is 36.5. The molecule has 0 saturated heterocycles. The van der Waals surface area contributed by atoms with E-state index in [1.54, 1.807) is 30.3 Å². The van der Waals surface area contributed by atoms with Crippen LogP contribution in [0, 0.1) is 0 Å². The first-order valence-corrected chi connectivity index (χ1v) is 9.29. The predicted octanol–water partition coefficient (Wildman–Crippen LogP) is 2.51. The summed E-state index contributed by atoms with van der Waals surface area (Å²) in [5.41, 5.74) is 4.97. The van der Waals surface area contributed by atoms with Gasteiger partial charge in [0.25, 0.3) is 11.8 Å². The molecule has 0 radical (unpaired) electrons. The van der Waals surface area contributed by atoms with Gasteiger partial charge in [-0.3, -0.25) is 20.4 Å². The number of nitrogens with one attached hydrogen (secondary N) is 2. The van der Waals surface area contributed by atoms with E-state index in [4.69, 9.17) is 25.8 Å². The minimum Gasteiger partial charge on any atom is -0.489 e. The van der Waals surface area contributed by atoms with E-state index in [1.807, 2.05) is 0 Å². The quantitative estimate of drug-likeness (QED) is 0.584. The van der Waals surface area contributed by atoms with Gasteiger partial charge < -0.3 is 14.2 Å². The van der Waals surface area contributed by atoms with Gasteiger partial charge in [-0.25, -0.2) is 4.79 Å². The number of fused-ring (bicyclic) bond motifs is 1. The van der Waals surface area contributed by atoms with Crippen molar-refractivity contribution in [2.24, 2.45) is 0 Å². The van der Waals surface area contributed by atoms with Gasteiger partial charge in [-0.05, 0) is 31.2 Å². The number of hydrogen-bond acceptors (Lipinski definition) is 6. The molecule has 29 heavy (non-hydrogen) atoms. The summed E-state index contributed by atoms with van der Waals surface area (Å²) in [6.07, 6.45) is -0.468. The van der Waals surface area contributed by atoms with Crippen molar-refractivity contribution in [3.05, 3.63) is 58.6 Å². The topological polar surface area (TPSA) is 103 Å². The molecule has 152 valence electrons. The molecule has 1 aliphatic heterocycles. The minimum absolute atomic E-state index is 0.118. The highest BCUT2D eigenvalue weighted by Gasteiger charge is 2.23. The molecule has 0 aromatic heterocycles. The van der Waals surface area contributed by atoms with E-state index in [0.29, 0.717) is 36.7 Å². The first kappa shape index (κ1) is 20.5. The number of carbonyl (C=O) groups is 3. The Morgan fingerprint density at radius 3 is 2.52 bits per heavy atom. The average molecular weight is 419 g/mol. The van der Waals surface area contributed by atoms with Crippen LogP contribution in [-0.2, 0) is 9.53 Å². The van der Waals surface area contributed by atoms with Crippen LogP contribution < -0.4 is 20.3 Å².